The summed E-state index contributed by atoms with van der Waals surface area (Å²) >= 11 is 0. The van der Waals surface area contributed by atoms with Gasteiger partial charge in [0.05, 0.1) is 6.26 Å². The molecule has 1 unspecified atom stereocenters. The zero-order valence-electron chi connectivity index (χ0n) is 13.6. The van der Waals surface area contributed by atoms with Gasteiger partial charge in [0.2, 0.25) is 0 Å². The Hall–Kier alpha value is -1.49. The Labute approximate surface area is 131 Å². The Kier molecular flexibility index (Phi) is 4.17. The van der Waals surface area contributed by atoms with Crippen molar-refractivity contribution in [1.29, 1.82) is 0 Å². The Morgan fingerprint density at radius 3 is 2.82 bits per heavy atom. The smallest absolute Gasteiger partial charge is 0.407 e. The van der Waals surface area contributed by atoms with Gasteiger partial charge in [-0.3, -0.25) is 0 Å². The van der Waals surface area contributed by atoms with Crippen LogP contribution < -0.4 is 10.6 Å². The number of furan rings is 1. The highest BCUT2D eigenvalue weighted by atomic mass is 16.6. The normalized spacial score (nSPS) is 27.7. The molecular weight excluding hydrogens is 280 g/mol. The van der Waals surface area contributed by atoms with Crippen molar-refractivity contribution in [2.45, 2.75) is 76.6 Å². The summed E-state index contributed by atoms with van der Waals surface area (Å²) in [5.41, 5.74) is 0.875. The van der Waals surface area contributed by atoms with Crippen LogP contribution in [0.15, 0.2) is 16.7 Å². The molecule has 1 saturated carbocycles. The second-order valence-electron chi connectivity index (χ2n) is 7.42. The monoisotopic (exact) mass is 306 g/mol. The van der Waals surface area contributed by atoms with E-state index in [1.807, 2.05) is 20.8 Å². The van der Waals surface area contributed by atoms with Crippen LogP contribution in [-0.4, -0.2) is 23.8 Å². The number of rotatable bonds is 3. The number of ether oxygens (including phenoxy) is 1. The molecule has 5 heteroatoms. The fraction of sp³-hybridized carbons (Fsp3) is 0.706. The second kappa shape index (κ2) is 5.95. The molecule has 0 saturated heterocycles. The van der Waals surface area contributed by atoms with Crippen LogP contribution in [0.4, 0.5) is 4.79 Å². The highest BCUT2D eigenvalue weighted by Crippen LogP contribution is 2.33. The molecule has 3 rings (SSSR count). The quantitative estimate of drug-likeness (QED) is 0.899. The summed E-state index contributed by atoms with van der Waals surface area (Å²) < 4.78 is 10.8. The average molecular weight is 306 g/mol. The molecule has 0 spiro atoms. The molecule has 122 valence electrons. The van der Waals surface area contributed by atoms with Crippen LogP contribution in [0.5, 0.6) is 0 Å². The van der Waals surface area contributed by atoms with E-state index >= 15 is 0 Å². The van der Waals surface area contributed by atoms with Crippen molar-refractivity contribution in [2.75, 3.05) is 0 Å². The molecule has 2 aliphatic carbocycles. The number of alkyl carbamates (subject to hydrolysis) is 1. The molecule has 1 atom stereocenters. The summed E-state index contributed by atoms with van der Waals surface area (Å²) in [4.78, 5) is 11.7. The van der Waals surface area contributed by atoms with Gasteiger partial charge in [-0.15, -0.1) is 0 Å². The lowest BCUT2D eigenvalue weighted by molar-refractivity contribution is 0.0462. The van der Waals surface area contributed by atoms with Crippen LogP contribution in [0.25, 0.3) is 0 Å². The van der Waals surface area contributed by atoms with Crippen molar-refractivity contribution in [1.82, 2.24) is 10.6 Å². The van der Waals surface area contributed by atoms with Crippen LogP contribution in [-0.2, 0) is 11.2 Å². The SMILES string of the molecule is CC(C)(C)OC(=O)NC1CC(NC2CCCc3occc32)C1. The van der Waals surface area contributed by atoms with Crippen LogP contribution in [0, 0.1) is 0 Å². The van der Waals surface area contributed by atoms with E-state index < -0.39 is 5.60 Å². The molecule has 0 aliphatic heterocycles. The van der Waals surface area contributed by atoms with Gasteiger partial charge in [0.15, 0.2) is 0 Å². The summed E-state index contributed by atoms with van der Waals surface area (Å²) in [6.07, 6.45) is 6.78. The molecule has 2 aliphatic rings. The maximum atomic E-state index is 11.7. The van der Waals surface area contributed by atoms with Crippen molar-refractivity contribution in [3.8, 4) is 0 Å². The molecule has 1 fully saturated rings. The van der Waals surface area contributed by atoms with E-state index in [0.717, 1.165) is 31.4 Å². The topological polar surface area (TPSA) is 63.5 Å². The van der Waals surface area contributed by atoms with E-state index in [-0.39, 0.29) is 12.1 Å². The number of fused-ring (bicyclic) bond motifs is 1. The average Bonchev–Trinajstić information content (AvgIpc) is 2.83. The Bertz CT molecular complexity index is 526. The molecule has 5 nitrogen and oxygen atoms in total. The van der Waals surface area contributed by atoms with Gasteiger partial charge < -0.3 is 19.8 Å². The highest BCUT2D eigenvalue weighted by Gasteiger charge is 2.34. The Morgan fingerprint density at radius 1 is 1.32 bits per heavy atom. The predicted molar refractivity (Wildman–Crippen MR) is 83.7 cm³/mol. The lowest BCUT2D eigenvalue weighted by atomic mass is 9.84. The van der Waals surface area contributed by atoms with Crippen LogP contribution in [0.1, 0.15) is 63.8 Å². The number of carbonyl (C=O) groups is 1. The van der Waals surface area contributed by atoms with E-state index in [1.54, 1.807) is 6.26 Å². The number of aryl methyl sites for hydroxylation is 1. The molecule has 0 radical (unpaired) electrons. The predicted octanol–water partition coefficient (Wildman–Crippen LogP) is 3.30. The molecule has 0 aromatic carbocycles. The fourth-order valence-corrected chi connectivity index (χ4v) is 3.29. The molecule has 1 aromatic rings. The first-order valence-electron chi connectivity index (χ1n) is 8.22. The van der Waals surface area contributed by atoms with E-state index in [1.165, 1.54) is 12.0 Å². The van der Waals surface area contributed by atoms with Crippen molar-refractivity contribution in [3.63, 3.8) is 0 Å². The van der Waals surface area contributed by atoms with Crippen molar-refractivity contribution in [3.05, 3.63) is 23.7 Å². The third-order valence-electron chi connectivity index (χ3n) is 4.35. The van der Waals surface area contributed by atoms with Crippen molar-refractivity contribution >= 4 is 6.09 Å². The number of nitrogens with one attached hydrogen (secondary N) is 2. The fourth-order valence-electron chi connectivity index (χ4n) is 3.29. The summed E-state index contributed by atoms with van der Waals surface area (Å²) in [6, 6.07) is 3.17. The second-order valence-corrected chi connectivity index (χ2v) is 7.42. The van der Waals surface area contributed by atoms with Crippen LogP contribution in [0.3, 0.4) is 0 Å². The molecular formula is C17H26N2O3. The minimum atomic E-state index is -0.439. The van der Waals surface area contributed by atoms with Gasteiger partial charge in [0, 0.05) is 30.1 Å². The first-order chi connectivity index (χ1) is 10.4. The van der Waals surface area contributed by atoms with Gasteiger partial charge in [0.1, 0.15) is 11.4 Å². The summed E-state index contributed by atoms with van der Waals surface area (Å²) in [7, 11) is 0. The van der Waals surface area contributed by atoms with Gasteiger partial charge in [-0.1, -0.05) is 0 Å². The minimum Gasteiger partial charge on any atom is -0.469 e. The lowest BCUT2D eigenvalue weighted by Gasteiger charge is -2.39. The van der Waals surface area contributed by atoms with Crippen LogP contribution in [0.2, 0.25) is 0 Å². The maximum absolute atomic E-state index is 11.7. The molecule has 22 heavy (non-hydrogen) atoms. The zero-order chi connectivity index (χ0) is 15.7. The van der Waals surface area contributed by atoms with Gasteiger partial charge >= 0.3 is 6.09 Å². The lowest BCUT2D eigenvalue weighted by Crippen LogP contribution is -2.53. The van der Waals surface area contributed by atoms with Gasteiger partial charge in [-0.05, 0) is 52.5 Å². The van der Waals surface area contributed by atoms with Crippen molar-refractivity contribution < 1.29 is 13.9 Å². The van der Waals surface area contributed by atoms with E-state index in [9.17, 15) is 4.79 Å². The number of hydrogen-bond acceptors (Lipinski definition) is 4. The van der Waals surface area contributed by atoms with Crippen LogP contribution >= 0.6 is 0 Å². The standard InChI is InChI=1S/C17H26N2O3/c1-17(2,3)22-16(20)19-12-9-11(10-12)18-14-5-4-6-15-13(14)7-8-21-15/h7-8,11-12,14,18H,4-6,9-10H2,1-3H3,(H,19,20). The molecule has 2 N–H and O–H groups in total. The van der Waals surface area contributed by atoms with Gasteiger partial charge in [-0.2, -0.15) is 0 Å². The van der Waals surface area contributed by atoms with Gasteiger partial charge in [0.25, 0.3) is 0 Å². The first kappa shape index (κ1) is 15.4. The van der Waals surface area contributed by atoms with Gasteiger partial charge in [-0.25, -0.2) is 4.79 Å². The van der Waals surface area contributed by atoms with E-state index in [2.05, 4.69) is 16.7 Å². The summed E-state index contributed by atoms with van der Waals surface area (Å²) in [5.74, 6) is 1.13. The van der Waals surface area contributed by atoms with Crippen molar-refractivity contribution in [2.24, 2.45) is 0 Å². The molecule has 1 amide bonds. The number of amides is 1. The summed E-state index contributed by atoms with van der Waals surface area (Å²) in [5, 5.41) is 6.63. The first-order valence-corrected chi connectivity index (χ1v) is 8.22. The minimum absolute atomic E-state index is 0.222. The number of hydrogen-bond donors (Lipinski definition) is 2. The molecule has 0 bridgehead atoms. The Balaban J connectivity index is 1.43. The third-order valence-corrected chi connectivity index (χ3v) is 4.35. The summed E-state index contributed by atoms with van der Waals surface area (Å²) in [6.45, 7) is 5.63. The third kappa shape index (κ3) is 3.64. The Morgan fingerprint density at radius 2 is 2.09 bits per heavy atom. The van der Waals surface area contributed by atoms with E-state index in [0.29, 0.717) is 12.1 Å². The highest BCUT2D eigenvalue weighted by molar-refractivity contribution is 5.68. The maximum Gasteiger partial charge on any atom is 0.407 e. The van der Waals surface area contributed by atoms with E-state index in [4.69, 9.17) is 9.15 Å². The largest absolute Gasteiger partial charge is 0.469 e. The molecule has 1 heterocycles. The molecule has 1 aromatic heterocycles. The zero-order valence-corrected chi connectivity index (χ0v) is 13.6. The number of carbonyl (C=O) groups excluding carboxylic acids is 1.